The molecule has 2 atom stereocenters. The predicted molar refractivity (Wildman–Crippen MR) is 131 cm³/mol. The van der Waals surface area contributed by atoms with E-state index in [2.05, 4.69) is 34.9 Å². The Hall–Kier alpha value is -3.35. The van der Waals surface area contributed by atoms with E-state index in [1.807, 2.05) is 31.2 Å². The van der Waals surface area contributed by atoms with Crippen molar-refractivity contribution in [2.75, 3.05) is 6.61 Å². The molecule has 2 amide bonds. The van der Waals surface area contributed by atoms with Crippen molar-refractivity contribution in [2.24, 2.45) is 5.41 Å². The smallest absolute Gasteiger partial charge is 0.407 e. The molecule has 0 bridgehead atoms. The van der Waals surface area contributed by atoms with Gasteiger partial charge in [0.1, 0.15) is 12.6 Å². The molecule has 34 heavy (non-hydrogen) atoms. The summed E-state index contributed by atoms with van der Waals surface area (Å²) >= 11 is 0. The van der Waals surface area contributed by atoms with Crippen molar-refractivity contribution < 1.29 is 24.2 Å². The third kappa shape index (κ3) is 5.95. The Morgan fingerprint density at radius 1 is 0.971 bits per heavy atom. The molecule has 0 heterocycles. The maximum Gasteiger partial charge on any atom is 0.407 e. The second kappa shape index (κ2) is 10.7. The Kier molecular flexibility index (Phi) is 7.97. The molecule has 1 aliphatic carbocycles. The first-order valence-corrected chi connectivity index (χ1v) is 11.8. The van der Waals surface area contributed by atoms with Crippen LogP contribution in [0.3, 0.4) is 0 Å². The molecule has 2 aromatic rings. The van der Waals surface area contributed by atoms with Gasteiger partial charge in [0.2, 0.25) is 5.91 Å². The molecule has 182 valence electrons. The molecule has 7 heteroatoms. The van der Waals surface area contributed by atoms with Gasteiger partial charge >= 0.3 is 12.1 Å². The normalized spacial score (nSPS) is 14.5. The van der Waals surface area contributed by atoms with Gasteiger partial charge in [-0.25, -0.2) is 9.59 Å². The van der Waals surface area contributed by atoms with Crippen LogP contribution in [0.4, 0.5) is 4.79 Å². The highest BCUT2D eigenvalue weighted by atomic mass is 16.5. The van der Waals surface area contributed by atoms with Gasteiger partial charge in [-0.05, 0) is 34.1 Å². The molecule has 0 saturated heterocycles. The lowest BCUT2D eigenvalue weighted by molar-refractivity contribution is -0.145. The number of carbonyl (C=O) groups is 3. The number of aliphatic carboxylic acids is 1. The summed E-state index contributed by atoms with van der Waals surface area (Å²) in [4.78, 5) is 36.7. The molecular formula is C27H34N2O5. The van der Waals surface area contributed by atoms with Crippen LogP contribution >= 0.6 is 0 Å². The van der Waals surface area contributed by atoms with Crippen LogP contribution < -0.4 is 10.6 Å². The van der Waals surface area contributed by atoms with Gasteiger partial charge in [0.05, 0.1) is 0 Å². The molecule has 2 unspecified atom stereocenters. The van der Waals surface area contributed by atoms with Crippen LogP contribution in [-0.4, -0.2) is 41.8 Å². The standard InChI is InChI=1S/C27H34N2O5/c1-5-10-17(15-23(30)29-24(25(31)32)27(2,3)4)28-26(33)34-16-22-20-13-8-6-11-18(20)19-12-7-9-14-21(19)22/h6-9,11-14,17,22,24H,5,10,15-16H2,1-4H3,(H,28,33)(H,29,30)(H,31,32). The average molecular weight is 467 g/mol. The summed E-state index contributed by atoms with van der Waals surface area (Å²) in [5.74, 6) is -1.55. The van der Waals surface area contributed by atoms with E-state index in [9.17, 15) is 19.5 Å². The molecule has 1 aliphatic rings. The molecule has 0 aromatic heterocycles. The van der Waals surface area contributed by atoms with E-state index in [4.69, 9.17) is 4.74 Å². The van der Waals surface area contributed by atoms with Crippen molar-refractivity contribution in [1.29, 1.82) is 0 Å². The monoisotopic (exact) mass is 466 g/mol. The van der Waals surface area contributed by atoms with Crippen molar-refractivity contribution in [3.05, 3.63) is 59.7 Å². The van der Waals surface area contributed by atoms with Crippen LogP contribution in [-0.2, 0) is 14.3 Å². The topological polar surface area (TPSA) is 105 Å². The fourth-order valence-electron chi connectivity index (χ4n) is 4.47. The number of alkyl carbamates (subject to hydrolysis) is 1. The average Bonchev–Trinajstić information content (AvgIpc) is 3.09. The van der Waals surface area contributed by atoms with E-state index in [0.717, 1.165) is 28.7 Å². The van der Waals surface area contributed by atoms with Gasteiger partial charge < -0.3 is 20.5 Å². The lowest BCUT2D eigenvalue weighted by Crippen LogP contribution is -2.50. The van der Waals surface area contributed by atoms with Crippen LogP contribution in [0.25, 0.3) is 11.1 Å². The number of benzene rings is 2. The molecular weight excluding hydrogens is 432 g/mol. The maximum absolute atomic E-state index is 12.6. The minimum Gasteiger partial charge on any atom is -0.480 e. The van der Waals surface area contributed by atoms with Crippen LogP contribution in [0.15, 0.2) is 48.5 Å². The van der Waals surface area contributed by atoms with Crippen LogP contribution in [0.1, 0.15) is 64.0 Å². The van der Waals surface area contributed by atoms with E-state index < -0.39 is 35.5 Å². The number of fused-ring (bicyclic) bond motifs is 3. The quantitative estimate of drug-likeness (QED) is 0.497. The number of carbonyl (C=O) groups excluding carboxylic acids is 2. The minimum atomic E-state index is -1.09. The van der Waals surface area contributed by atoms with Crippen LogP contribution in [0, 0.1) is 5.41 Å². The number of hydrogen-bond acceptors (Lipinski definition) is 4. The summed E-state index contributed by atoms with van der Waals surface area (Å²) in [5.41, 5.74) is 3.92. The number of nitrogens with one attached hydrogen (secondary N) is 2. The fraction of sp³-hybridized carbons (Fsp3) is 0.444. The zero-order valence-corrected chi connectivity index (χ0v) is 20.3. The Bertz CT molecular complexity index is 998. The van der Waals surface area contributed by atoms with Crippen molar-refractivity contribution in [2.45, 2.75) is 65.0 Å². The Morgan fingerprint density at radius 2 is 1.53 bits per heavy atom. The largest absolute Gasteiger partial charge is 0.480 e. The van der Waals surface area contributed by atoms with E-state index in [1.54, 1.807) is 20.8 Å². The predicted octanol–water partition coefficient (Wildman–Crippen LogP) is 4.70. The van der Waals surface area contributed by atoms with E-state index in [-0.39, 0.29) is 18.9 Å². The van der Waals surface area contributed by atoms with Crippen molar-refractivity contribution in [1.82, 2.24) is 10.6 Å². The summed E-state index contributed by atoms with van der Waals surface area (Å²) in [6.07, 6.45) is 0.727. The molecule has 0 fully saturated rings. The highest BCUT2D eigenvalue weighted by Gasteiger charge is 2.33. The van der Waals surface area contributed by atoms with Gasteiger partial charge in [-0.15, -0.1) is 0 Å². The summed E-state index contributed by atoms with van der Waals surface area (Å²) in [5, 5.41) is 14.8. The second-order valence-corrected chi connectivity index (χ2v) is 9.86. The van der Waals surface area contributed by atoms with Gasteiger partial charge in [-0.1, -0.05) is 82.6 Å². The maximum atomic E-state index is 12.6. The first kappa shape index (κ1) is 25.3. The first-order valence-electron chi connectivity index (χ1n) is 11.8. The molecule has 0 saturated carbocycles. The number of hydrogen-bond donors (Lipinski definition) is 3. The van der Waals surface area contributed by atoms with Crippen LogP contribution in [0.5, 0.6) is 0 Å². The zero-order valence-electron chi connectivity index (χ0n) is 20.3. The molecule has 0 aliphatic heterocycles. The number of carboxylic acid groups (broad SMARTS) is 1. The summed E-state index contributed by atoms with van der Waals surface area (Å²) < 4.78 is 5.60. The van der Waals surface area contributed by atoms with Crippen molar-refractivity contribution in [3.8, 4) is 11.1 Å². The lowest BCUT2D eigenvalue weighted by Gasteiger charge is -2.28. The Balaban J connectivity index is 1.60. The van der Waals surface area contributed by atoms with Gasteiger partial charge in [0, 0.05) is 18.4 Å². The molecule has 3 N–H and O–H groups in total. The van der Waals surface area contributed by atoms with E-state index in [1.165, 1.54) is 0 Å². The first-order chi connectivity index (χ1) is 16.1. The molecule has 0 radical (unpaired) electrons. The molecule has 3 rings (SSSR count). The fourth-order valence-corrected chi connectivity index (χ4v) is 4.47. The number of rotatable bonds is 9. The Morgan fingerprint density at radius 3 is 2.03 bits per heavy atom. The number of ether oxygens (including phenoxy) is 1. The summed E-state index contributed by atoms with van der Waals surface area (Å²) in [7, 11) is 0. The Labute approximate surface area is 200 Å². The third-order valence-electron chi connectivity index (χ3n) is 6.15. The zero-order chi connectivity index (χ0) is 24.9. The van der Waals surface area contributed by atoms with Crippen LogP contribution in [0.2, 0.25) is 0 Å². The van der Waals surface area contributed by atoms with E-state index >= 15 is 0 Å². The molecule has 0 spiro atoms. The summed E-state index contributed by atoms with van der Waals surface area (Å²) in [6.45, 7) is 7.41. The number of carboxylic acids is 1. The van der Waals surface area contributed by atoms with Crippen molar-refractivity contribution in [3.63, 3.8) is 0 Å². The SMILES string of the molecule is CCCC(CC(=O)NC(C(=O)O)C(C)(C)C)NC(=O)OCC1c2ccccc2-c2ccccc21. The molecule has 2 aromatic carbocycles. The number of amides is 2. The van der Waals surface area contributed by atoms with Gasteiger partial charge in [-0.3, -0.25) is 4.79 Å². The van der Waals surface area contributed by atoms with Gasteiger partial charge in [-0.2, -0.15) is 0 Å². The van der Waals surface area contributed by atoms with Crippen molar-refractivity contribution >= 4 is 18.0 Å². The van der Waals surface area contributed by atoms with Gasteiger partial charge in [0.15, 0.2) is 0 Å². The summed E-state index contributed by atoms with van der Waals surface area (Å²) in [6, 6.07) is 14.8. The van der Waals surface area contributed by atoms with Gasteiger partial charge in [0.25, 0.3) is 0 Å². The highest BCUT2D eigenvalue weighted by molar-refractivity contribution is 5.85. The second-order valence-electron chi connectivity index (χ2n) is 9.86. The highest BCUT2D eigenvalue weighted by Crippen LogP contribution is 2.44. The minimum absolute atomic E-state index is 0.0160. The third-order valence-corrected chi connectivity index (χ3v) is 6.15. The lowest BCUT2D eigenvalue weighted by atomic mass is 9.86. The van der Waals surface area contributed by atoms with E-state index in [0.29, 0.717) is 6.42 Å². The molecule has 7 nitrogen and oxygen atoms in total.